The Labute approximate surface area is 135 Å². The van der Waals surface area contributed by atoms with E-state index >= 15 is 0 Å². The minimum Gasteiger partial charge on any atom is -0.374 e. The molecule has 106 valence electrons. The van der Waals surface area contributed by atoms with Crippen LogP contribution in [-0.2, 0) is 7.05 Å². The van der Waals surface area contributed by atoms with Crippen molar-refractivity contribution in [3.8, 4) is 0 Å². The lowest BCUT2D eigenvalue weighted by Gasteiger charge is -2.17. The number of anilines is 1. The number of benzene rings is 1. The van der Waals surface area contributed by atoms with Gasteiger partial charge in [0.2, 0.25) is 0 Å². The lowest BCUT2D eigenvalue weighted by molar-refractivity contribution is 0.831. The predicted octanol–water partition coefficient (Wildman–Crippen LogP) is 4.63. The molecule has 0 fully saturated rings. The topological polar surface area (TPSA) is 34.0 Å². The standard InChI is InChI=1S/C14H13BrCl2N2O/c1-8(11-4-3-10(16)6-12(11)17)18-13-5-9(15)7-19(2)14(13)20/h3-8,18H,1-2H3/t8-/m1/s1. The monoisotopic (exact) mass is 374 g/mol. The van der Waals surface area contributed by atoms with E-state index in [2.05, 4.69) is 21.2 Å². The van der Waals surface area contributed by atoms with Crippen LogP contribution in [0.1, 0.15) is 18.5 Å². The van der Waals surface area contributed by atoms with Gasteiger partial charge in [0.15, 0.2) is 0 Å². The molecule has 1 aromatic heterocycles. The van der Waals surface area contributed by atoms with Gasteiger partial charge in [-0.25, -0.2) is 0 Å². The van der Waals surface area contributed by atoms with Crippen LogP contribution in [-0.4, -0.2) is 4.57 Å². The molecular formula is C14H13BrCl2N2O. The molecule has 6 heteroatoms. The molecule has 2 aromatic rings. The number of nitrogens with zero attached hydrogens (tertiary/aromatic N) is 1. The minimum atomic E-state index is -0.109. The first kappa shape index (κ1) is 15.4. The van der Waals surface area contributed by atoms with E-state index in [9.17, 15) is 4.79 Å². The van der Waals surface area contributed by atoms with E-state index in [4.69, 9.17) is 23.2 Å². The largest absolute Gasteiger partial charge is 0.374 e. The van der Waals surface area contributed by atoms with Crippen molar-refractivity contribution in [3.63, 3.8) is 0 Å². The second-order valence-corrected chi connectivity index (χ2v) is 6.28. The highest BCUT2D eigenvalue weighted by molar-refractivity contribution is 9.10. The fourth-order valence-electron chi connectivity index (χ4n) is 1.94. The summed E-state index contributed by atoms with van der Waals surface area (Å²) in [7, 11) is 1.71. The summed E-state index contributed by atoms with van der Waals surface area (Å²) in [5.74, 6) is 0. The summed E-state index contributed by atoms with van der Waals surface area (Å²) in [5, 5.41) is 4.34. The Balaban J connectivity index is 2.32. The summed E-state index contributed by atoms with van der Waals surface area (Å²) in [6.45, 7) is 1.94. The van der Waals surface area contributed by atoms with Crippen molar-refractivity contribution in [1.29, 1.82) is 0 Å². The average Bonchev–Trinajstić information content (AvgIpc) is 2.35. The Kier molecular flexibility index (Phi) is 4.78. The molecule has 0 bridgehead atoms. The molecule has 0 aliphatic carbocycles. The van der Waals surface area contributed by atoms with Crippen LogP contribution < -0.4 is 10.9 Å². The third-order valence-electron chi connectivity index (χ3n) is 2.95. The molecule has 1 heterocycles. The van der Waals surface area contributed by atoms with Crippen molar-refractivity contribution in [2.75, 3.05) is 5.32 Å². The Bertz CT molecular complexity index is 700. The van der Waals surface area contributed by atoms with Gasteiger partial charge in [0.05, 0.1) is 6.04 Å². The average molecular weight is 376 g/mol. The molecule has 1 aromatic carbocycles. The Morgan fingerprint density at radius 2 is 2.00 bits per heavy atom. The van der Waals surface area contributed by atoms with Crippen molar-refractivity contribution in [2.24, 2.45) is 7.05 Å². The smallest absolute Gasteiger partial charge is 0.273 e. The SMILES string of the molecule is C[C@@H](Nc1cc(Br)cn(C)c1=O)c1ccc(Cl)cc1Cl. The number of hydrogen-bond donors (Lipinski definition) is 1. The van der Waals surface area contributed by atoms with Crippen LogP contribution in [0.15, 0.2) is 39.7 Å². The van der Waals surface area contributed by atoms with E-state index in [0.29, 0.717) is 15.7 Å². The van der Waals surface area contributed by atoms with Crippen LogP contribution in [0.25, 0.3) is 0 Å². The van der Waals surface area contributed by atoms with E-state index in [1.807, 2.05) is 13.0 Å². The first-order chi connectivity index (χ1) is 9.38. The van der Waals surface area contributed by atoms with Gasteiger partial charge >= 0.3 is 0 Å². The zero-order chi connectivity index (χ0) is 14.9. The maximum atomic E-state index is 12.1. The third-order valence-corrected chi connectivity index (χ3v) is 3.95. The van der Waals surface area contributed by atoms with Gasteiger partial charge in [-0.3, -0.25) is 4.79 Å². The van der Waals surface area contributed by atoms with E-state index in [1.165, 1.54) is 4.57 Å². The number of halogens is 3. The Hall–Kier alpha value is -0.970. The molecule has 0 amide bonds. The van der Waals surface area contributed by atoms with E-state index in [1.54, 1.807) is 31.4 Å². The van der Waals surface area contributed by atoms with Crippen LogP contribution in [0.4, 0.5) is 5.69 Å². The zero-order valence-corrected chi connectivity index (χ0v) is 14.1. The van der Waals surface area contributed by atoms with Gasteiger partial charge in [0.1, 0.15) is 5.69 Å². The lowest BCUT2D eigenvalue weighted by Crippen LogP contribution is -2.22. The summed E-state index contributed by atoms with van der Waals surface area (Å²) in [5.41, 5.74) is 1.31. The number of pyridine rings is 1. The van der Waals surface area contributed by atoms with Gasteiger partial charge in [-0.15, -0.1) is 0 Å². The first-order valence-electron chi connectivity index (χ1n) is 5.96. The summed E-state index contributed by atoms with van der Waals surface area (Å²) in [6.07, 6.45) is 1.72. The summed E-state index contributed by atoms with van der Waals surface area (Å²) in [4.78, 5) is 12.1. The second-order valence-electron chi connectivity index (χ2n) is 4.52. The molecule has 0 saturated heterocycles. The highest BCUT2D eigenvalue weighted by Crippen LogP contribution is 2.28. The summed E-state index contributed by atoms with van der Waals surface area (Å²) >= 11 is 15.4. The number of aromatic nitrogens is 1. The van der Waals surface area contributed by atoms with Crippen LogP contribution in [0.5, 0.6) is 0 Å². The maximum Gasteiger partial charge on any atom is 0.273 e. The molecule has 0 spiro atoms. The van der Waals surface area contributed by atoms with Crippen LogP contribution >= 0.6 is 39.1 Å². The van der Waals surface area contributed by atoms with Crippen molar-refractivity contribution >= 4 is 44.8 Å². The lowest BCUT2D eigenvalue weighted by atomic mass is 10.1. The molecule has 0 aliphatic heterocycles. The molecule has 0 saturated carbocycles. The zero-order valence-electron chi connectivity index (χ0n) is 11.0. The normalized spacial score (nSPS) is 12.2. The van der Waals surface area contributed by atoms with Crippen LogP contribution in [0.2, 0.25) is 10.0 Å². The second kappa shape index (κ2) is 6.20. The van der Waals surface area contributed by atoms with Crippen molar-refractivity contribution in [2.45, 2.75) is 13.0 Å². The number of hydrogen-bond acceptors (Lipinski definition) is 2. The highest BCUT2D eigenvalue weighted by atomic mass is 79.9. The molecule has 20 heavy (non-hydrogen) atoms. The molecule has 1 atom stereocenters. The quantitative estimate of drug-likeness (QED) is 0.848. The van der Waals surface area contributed by atoms with Gasteiger partial charge in [0, 0.05) is 27.8 Å². The number of aryl methyl sites for hydroxylation is 1. The van der Waals surface area contributed by atoms with Crippen LogP contribution in [0, 0.1) is 0 Å². The molecule has 0 unspecified atom stereocenters. The molecule has 1 N–H and O–H groups in total. The molecule has 0 radical (unpaired) electrons. The van der Waals surface area contributed by atoms with E-state index in [-0.39, 0.29) is 11.6 Å². The molecule has 2 rings (SSSR count). The Morgan fingerprint density at radius 1 is 1.30 bits per heavy atom. The van der Waals surface area contributed by atoms with Gasteiger partial charge < -0.3 is 9.88 Å². The fourth-order valence-corrected chi connectivity index (χ4v) is 3.05. The third kappa shape index (κ3) is 3.37. The van der Waals surface area contributed by atoms with Crippen molar-refractivity contribution in [3.05, 3.63) is 60.9 Å². The van der Waals surface area contributed by atoms with Gasteiger partial charge in [-0.1, -0.05) is 29.3 Å². The number of nitrogens with one attached hydrogen (secondary N) is 1. The molecule has 3 nitrogen and oxygen atoms in total. The van der Waals surface area contributed by atoms with Crippen LogP contribution in [0.3, 0.4) is 0 Å². The maximum absolute atomic E-state index is 12.1. The predicted molar refractivity (Wildman–Crippen MR) is 87.9 cm³/mol. The van der Waals surface area contributed by atoms with Crippen molar-refractivity contribution in [1.82, 2.24) is 4.57 Å². The van der Waals surface area contributed by atoms with E-state index < -0.39 is 0 Å². The highest BCUT2D eigenvalue weighted by Gasteiger charge is 2.12. The molecular weight excluding hydrogens is 363 g/mol. The summed E-state index contributed by atoms with van der Waals surface area (Å²) < 4.78 is 2.35. The number of rotatable bonds is 3. The summed E-state index contributed by atoms with van der Waals surface area (Å²) in [6, 6.07) is 6.96. The molecule has 0 aliphatic rings. The van der Waals surface area contributed by atoms with Gasteiger partial charge in [-0.2, -0.15) is 0 Å². The van der Waals surface area contributed by atoms with Gasteiger partial charge in [0.25, 0.3) is 5.56 Å². The van der Waals surface area contributed by atoms with Gasteiger partial charge in [-0.05, 0) is 46.6 Å². The minimum absolute atomic E-state index is 0.0925. The van der Waals surface area contributed by atoms with Crippen molar-refractivity contribution < 1.29 is 0 Å². The van der Waals surface area contributed by atoms with E-state index in [0.717, 1.165) is 10.0 Å². The Morgan fingerprint density at radius 3 is 2.65 bits per heavy atom. The fraction of sp³-hybridized carbons (Fsp3) is 0.214. The first-order valence-corrected chi connectivity index (χ1v) is 7.51.